The minimum atomic E-state index is -4.55. The summed E-state index contributed by atoms with van der Waals surface area (Å²) in [5.41, 5.74) is 5.16. The van der Waals surface area contributed by atoms with E-state index in [0.717, 1.165) is 41.2 Å². The van der Waals surface area contributed by atoms with Gasteiger partial charge in [0.15, 0.2) is 5.71 Å². The van der Waals surface area contributed by atoms with Gasteiger partial charge in [0.2, 0.25) is 0 Å². The molecule has 0 bridgehead atoms. The third kappa shape index (κ3) is 9.13. The molecular weight excluding hydrogens is 487 g/mol. The van der Waals surface area contributed by atoms with E-state index in [2.05, 4.69) is 16.4 Å². The van der Waals surface area contributed by atoms with E-state index >= 15 is 0 Å². The van der Waals surface area contributed by atoms with Crippen molar-refractivity contribution < 1.29 is 60.1 Å². The van der Waals surface area contributed by atoms with Gasteiger partial charge in [0.25, 0.3) is 0 Å². The zero-order chi connectivity index (χ0) is 24.4. The molecule has 2 aromatic rings. The van der Waals surface area contributed by atoms with E-state index in [1.165, 1.54) is 18.2 Å². The normalized spacial score (nSPS) is 12.2. The minimum Gasteiger partial charge on any atom is -0.745 e. The van der Waals surface area contributed by atoms with Crippen molar-refractivity contribution in [2.75, 3.05) is 18.4 Å². The second-order valence-electron chi connectivity index (χ2n) is 6.69. The topological polar surface area (TPSA) is 134 Å². The van der Waals surface area contributed by atoms with Gasteiger partial charge in [-0.05, 0) is 30.9 Å². The SMILES string of the molecule is CCNc1ccc(C(=C2C=CC(=[NH+]CC)C=C2)c2[c-]ccc(S(=O)(=O)[O-])c2)cc1.O=S(=O)=O.[Na+]. The van der Waals surface area contributed by atoms with Gasteiger partial charge in [-0.25, -0.2) is 13.4 Å². The van der Waals surface area contributed by atoms with E-state index in [1.54, 1.807) is 0 Å². The maximum Gasteiger partial charge on any atom is 1.00 e. The van der Waals surface area contributed by atoms with Crippen molar-refractivity contribution in [3.05, 3.63) is 89.5 Å². The molecule has 0 aromatic heterocycles. The fraction of sp³-hybridized carbons (Fsp3) is 0.174. The Labute approximate surface area is 223 Å². The molecule has 0 fully saturated rings. The molecule has 11 heteroatoms. The molecule has 1 aliphatic carbocycles. The number of benzene rings is 2. The standard InChI is InChI=1S/C23H23N2O3S.Na.O3S/c1-3-24-20-12-8-17(9-13-20)23(18-10-14-21(15-11-18)25-4-2)19-6-5-7-22(16-19)29(26,27)28;;1-4(2)3/h5,7-16,24H,3-4H2,1-2H3,(H,26,27,28);;/q-1;+1;. The van der Waals surface area contributed by atoms with Crippen molar-refractivity contribution in [2.45, 2.75) is 18.7 Å². The van der Waals surface area contributed by atoms with Crippen molar-refractivity contribution in [3.63, 3.8) is 0 Å². The number of rotatable bonds is 6. The van der Waals surface area contributed by atoms with Crippen molar-refractivity contribution in [1.29, 1.82) is 0 Å². The van der Waals surface area contributed by atoms with Crippen LogP contribution in [0.5, 0.6) is 0 Å². The second-order valence-corrected chi connectivity index (χ2v) is 8.47. The Morgan fingerprint density at radius 3 is 2.12 bits per heavy atom. The van der Waals surface area contributed by atoms with Crippen LogP contribution in [-0.4, -0.2) is 44.4 Å². The molecular formula is C23H23N2NaO6S2. The number of hydrogen-bond donors (Lipinski definition) is 2. The van der Waals surface area contributed by atoms with Gasteiger partial charge in [-0.3, -0.25) is 0 Å². The summed E-state index contributed by atoms with van der Waals surface area (Å²) in [4.78, 5) is 2.99. The fourth-order valence-corrected chi connectivity index (χ4v) is 3.64. The maximum atomic E-state index is 11.5. The number of anilines is 1. The largest absolute Gasteiger partial charge is 1.00 e. The van der Waals surface area contributed by atoms with Crippen molar-refractivity contribution in [3.8, 4) is 0 Å². The molecule has 0 radical (unpaired) electrons. The van der Waals surface area contributed by atoms with Crippen LogP contribution in [0.4, 0.5) is 5.69 Å². The molecule has 2 N–H and O–H groups in total. The first kappa shape index (κ1) is 29.7. The molecule has 0 amide bonds. The summed E-state index contributed by atoms with van der Waals surface area (Å²) in [5.74, 6) is 0. The Hall–Kier alpha value is -2.34. The Balaban J connectivity index is 0.00000107. The molecule has 1 aliphatic rings. The van der Waals surface area contributed by atoms with Gasteiger partial charge in [-0.15, -0.1) is 42.5 Å². The zero-order valence-corrected chi connectivity index (χ0v) is 22.7. The molecule has 0 saturated carbocycles. The van der Waals surface area contributed by atoms with Crippen LogP contribution in [0.15, 0.2) is 77.2 Å². The first-order valence-electron chi connectivity index (χ1n) is 9.96. The zero-order valence-electron chi connectivity index (χ0n) is 19.0. The Bertz CT molecular complexity index is 1300. The summed E-state index contributed by atoms with van der Waals surface area (Å²) in [5, 5.41) is 3.26. The first-order chi connectivity index (χ1) is 15.7. The van der Waals surface area contributed by atoms with Crippen LogP contribution in [0, 0.1) is 6.07 Å². The molecule has 3 rings (SSSR count). The van der Waals surface area contributed by atoms with Crippen LogP contribution in [-0.2, 0) is 20.7 Å². The monoisotopic (exact) mass is 510 g/mol. The van der Waals surface area contributed by atoms with E-state index in [9.17, 15) is 13.0 Å². The van der Waals surface area contributed by atoms with E-state index in [4.69, 9.17) is 12.6 Å². The number of hydrogen-bond acceptors (Lipinski definition) is 7. The van der Waals surface area contributed by atoms with Crippen LogP contribution in [0.1, 0.15) is 25.0 Å². The molecule has 174 valence electrons. The second kappa shape index (κ2) is 14.1. The number of allylic oxidation sites excluding steroid dienone is 5. The van der Waals surface area contributed by atoms with Gasteiger partial charge in [-0.1, -0.05) is 41.0 Å². The van der Waals surface area contributed by atoms with Crippen LogP contribution < -0.4 is 39.9 Å². The van der Waals surface area contributed by atoms with Gasteiger partial charge in [0.1, 0.15) is 16.7 Å². The predicted octanol–water partition coefficient (Wildman–Crippen LogP) is -1.71. The average Bonchev–Trinajstić information content (AvgIpc) is 2.76. The Morgan fingerprint density at radius 1 is 1.03 bits per heavy atom. The fourth-order valence-electron chi connectivity index (χ4n) is 3.14. The summed E-state index contributed by atoms with van der Waals surface area (Å²) < 4.78 is 59.9. The third-order valence-electron chi connectivity index (χ3n) is 4.44. The maximum absolute atomic E-state index is 11.5. The summed E-state index contributed by atoms with van der Waals surface area (Å²) in [6.07, 6.45) is 7.88. The molecule has 34 heavy (non-hydrogen) atoms. The van der Waals surface area contributed by atoms with Gasteiger partial charge < -0.3 is 9.87 Å². The van der Waals surface area contributed by atoms with Crippen LogP contribution in [0.2, 0.25) is 0 Å². The Kier molecular flexibility index (Phi) is 12.4. The van der Waals surface area contributed by atoms with Crippen molar-refractivity contribution in [1.82, 2.24) is 0 Å². The third-order valence-corrected chi connectivity index (χ3v) is 5.27. The molecule has 0 atom stereocenters. The van der Waals surface area contributed by atoms with Gasteiger partial charge >= 0.3 is 40.2 Å². The predicted molar refractivity (Wildman–Crippen MR) is 124 cm³/mol. The quantitative estimate of drug-likeness (QED) is 0.269. The summed E-state index contributed by atoms with van der Waals surface area (Å²) in [7, 11) is -7.67. The van der Waals surface area contributed by atoms with Crippen LogP contribution >= 0.6 is 0 Å². The van der Waals surface area contributed by atoms with Gasteiger partial charge in [0.05, 0.1) is 0 Å². The van der Waals surface area contributed by atoms with Crippen LogP contribution in [0.25, 0.3) is 5.57 Å². The van der Waals surface area contributed by atoms with Gasteiger partial charge in [-0.2, -0.15) is 0 Å². The molecule has 2 aromatic carbocycles. The van der Waals surface area contributed by atoms with E-state index in [-0.39, 0.29) is 34.5 Å². The average molecular weight is 511 g/mol. The molecule has 8 nitrogen and oxygen atoms in total. The molecule has 0 aliphatic heterocycles. The van der Waals surface area contributed by atoms with Crippen molar-refractivity contribution >= 4 is 37.7 Å². The summed E-state index contributed by atoms with van der Waals surface area (Å²) in [6.45, 7) is 5.69. The molecule has 0 saturated heterocycles. The van der Waals surface area contributed by atoms with Crippen molar-refractivity contribution in [2.24, 2.45) is 0 Å². The minimum absolute atomic E-state index is 0. The number of nitrogens with one attached hydrogen (secondary N) is 2. The molecule has 0 spiro atoms. The van der Waals surface area contributed by atoms with E-state index in [0.29, 0.717) is 5.56 Å². The smallest absolute Gasteiger partial charge is 0.745 e. The molecule has 0 unspecified atom stereocenters. The van der Waals surface area contributed by atoms with Crippen LogP contribution in [0.3, 0.4) is 0 Å². The van der Waals surface area contributed by atoms with E-state index in [1.807, 2.05) is 62.4 Å². The molecule has 0 heterocycles. The summed E-state index contributed by atoms with van der Waals surface area (Å²) in [6, 6.07) is 15.1. The first-order valence-corrected chi connectivity index (χ1v) is 12.4. The van der Waals surface area contributed by atoms with Gasteiger partial charge in [0, 0.05) is 24.4 Å². The summed E-state index contributed by atoms with van der Waals surface area (Å²) >= 11 is 0. The van der Waals surface area contributed by atoms with E-state index < -0.39 is 20.7 Å². The Morgan fingerprint density at radius 2 is 1.62 bits per heavy atom.